The van der Waals surface area contributed by atoms with Gasteiger partial charge >= 0.3 is 0 Å². The van der Waals surface area contributed by atoms with Crippen LogP contribution in [0.1, 0.15) is 31.0 Å². The lowest BCUT2D eigenvalue weighted by molar-refractivity contribution is -0.133. The number of rotatable bonds is 5. The maximum atomic E-state index is 13.0. The number of para-hydroxylation sites is 1. The summed E-state index contributed by atoms with van der Waals surface area (Å²) < 4.78 is 5.85. The number of carbonyl (C=O) groups is 1. The van der Waals surface area contributed by atoms with Crippen LogP contribution >= 0.6 is 0 Å². The Hall–Kier alpha value is -2.40. The van der Waals surface area contributed by atoms with Crippen molar-refractivity contribution in [2.75, 3.05) is 19.6 Å². The van der Waals surface area contributed by atoms with Crippen LogP contribution in [0.15, 0.2) is 48.8 Å². The van der Waals surface area contributed by atoms with E-state index in [0.29, 0.717) is 13.0 Å². The summed E-state index contributed by atoms with van der Waals surface area (Å²) in [7, 11) is 0. The van der Waals surface area contributed by atoms with Crippen molar-refractivity contribution in [3.63, 3.8) is 0 Å². The number of aromatic nitrogens is 1. The van der Waals surface area contributed by atoms with Gasteiger partial charge in [-0.3, -0.25) is 9.78 Å². The molecule has 0 spiro atoms. The third-order valence-corrected chi connectivity index (χ3v) is 4.31. The van der Waals surface area contributed by atoms with Crippen LogP contribution in [-0.4, -0.2) is 41.5 Å². The van der Waals surface area contributed by atoms with Crippen LogP contribution in [0, 0.1) is 0 Å². The number of carbonyl (C=O) groups excluding carboxylic acids is 1. The molecule has 132 valence electrons. The zero-order valence-corrected chi connectivity index (χ0v) is 14.8. The quantitative estimate of drug-likeness (QED) is 0.910. The van der Waals surface area contributed by atoms with Gasteiger partial charge in [0.1, 0.15) is 5.75 Å². The second-order valence-electron chi connectivity index (χ2n) is 6.54. The number of piperazine rings is 1. The fraction of sp³-hybridized carbons (Fsp3) is 0.400. The van der Waals surface area contributed by atoms with E-state index in [2.05, 4.69) is 10.3 Å². The second-order valence-corrected chi connectivity index (χ2v) is 6.54. The number of hydrogen-bond acceptors (Lipinski definition) is 4. The van der Waals surface area contributed by atoms with Crippen molar-refractivity contribution in [3.8, 4) is 5.75 Å². The van der Waals surface area contributed by atoms with Gasteiger partial charge < -0.3 is 15.0 Å². The molecule has 1 aliphatic rings. The molecule has 1 unspecified atom stereocenters. The molecule has 25 heavy (non-hydrogen) atoms. The van der Waals surface area contributed by atoms with Gasteiger partial charge in [-0.1, -0.05) is 24.3 Å². The smallest absolute Gasteiger partial charge is 0.227 e. The summed E-state index contributed by atoms with van der Waals surface area (Å²) in [5, 5.41) is 3.37. The van der Waals surface area contributed by atoms with Gasteiger partial charge in [0.25, 0.3) is 0 Å². The zero-order valence-electron chi connectivity index (χ0n) is 14.8. The predicted octanol–water partition coefficient (Wildman–Crippen LogP) is 2.58. The summed E-state index contributed by atoms with van der Waals surface area (Å²) in [6.07, 6.45) is 4.03. The van der Waals surface area contributed by atoms with Crippen molar-refractivity contribution in [2.24, 2.45) is 0 Å². The van der Waals surface area contributed by atoms with Crippen LogP contribution in [0.3, 0.4) is 0 Å². The molecule has 5 nitrogen and oxygen atoms in total. The highest BCUT2D eigenvalue weighted by atomic mass is 16.5. The fourth-order valence-electron chi connectivity index (χ4n) is 3.16. The van der Waals surface area contributed by atoms with Crippen molar-refractivity contribution in [1.29, 1.82) is 0 Å². The van der Waals surface area contributed by atoms with Crippen LogP contribution in [-0.2, 0) is 11.2 Å². The first-order chi connectivity index (χ1) is 12.1. The number of nitrogens with zero attached hydrogens (tertiary/aromatic N) is 2. The minimum atomic E-state index is 0.0214. The SMILES string of the molecule is CC(C)Oc1ccccc1CC(=O)N1CCNCC1c1cccnc1. The lowest BCUT2D eigenvalue weighted by Crippen LogP contribution is -2.49. The van der Waals surface area contributed by atoms with E-state index in [-0.39, 0.29) is 18.1 Å². The number of ether oxygens (including phenoxy) is 1. The molecule has 0 radical (unpaired) electrons. The Labute approximate surface area is 149 Å². The zero-order chi connectivity index (χ0) is 17.6. The molecule has 3 rings (SSSR count). The average Bonchev–Trinajstić information content (AvgIpc) is 2.63. The summed E-state index contributed by atoms with van der Waals surface area (Å²) in [4.78, 5) is 19.2. The maximum Gasteiger partial charge on any atom is 0.227 e. The molecule has 1 aromatic heterocycles. The molecule has 1 aromatic carbocycles. The largest absolute Gasteiger partial charge is 0.491 e. The van der Waals surface area contributed by atoms with Crippen molar-refractivity contribution >= 4 is 5.91 Å². The molecule has 0 aliphatic carbocycles. The standard InChI is InChI=1S/C20H25N3O2/c1-15(2)25-19-8-4-3-6-16(19)12-20(24)23-11-10-22-14-18(23)17-7-5-9-21-13-17/h3-9,13,15,18,22H,10-12,14H2,1-2H3. The maximum absolute atomic E-state index is 13.0. The fourth-order valence-corrected chi connectivity index (χ4v) is 3.16. The molecule has 5 heteroatoms. The van der Waals surface area contributed by atoms with E-state index in [1.807, 2.05) is 61.3 Å². The molecule has 1 aliphatic heterocycles. The molecule has 0 bridgehead atoms. The van der Waals surface area contributed by atoms with Gasteiger partial charge in [-0.15, -0.1) is 0 Å². The van der Waals surface area contributed by atoms with Gasteiger partial charge in [-0.2, -0.15) is 0 Å². The van der Waals surface area contributed by atoms with Crippen LogP contribution in [0.5, 0.6) is 5.75 Å². The first-order valence-electron chi connectivity index (χ1n) is 8.80. The lowest BCUT2D eigenvalue weighted by atomic mass is 10.0. The number of benzene rings is 1. The van der Waals surface area contributed by atoms with E-state index in [0.717, 1.165) is 30.0 Å². The highest BCUT2D eigenvalue weighted by Gasteiger charge is 2.28. The molecule has 1 amide bonds. The van der Waals surface area contributed by atoms with E-state index >= 15 is 0 Å². The number of hydrogen-bond donors (Lipinski definition) is 1. The average molecular weight is 339 g/mol. The Bertz CT molecular complexity index is 703. The minimum absolute atomic E-state index is 0.0214. The Morgan fingerprint density at radius 1 is 1.32 bits per heavy atom. The van der Waals surface area contributed by atoms with Crippen molar-refractivity contribution in [2.45, 2.75) is 32.4 Å². The van der Waals surface area contributed by atoms with Crippen LogP contribution in [0.4, 0.5) is 0 Å². The van der Waals surface area contributed by atoms with Gasteiger partial charge in [0.2, 0.25) is 5.91 Å². The Balaban J connectivity index is 1.78. The number of nitrogens with one attached hydrogen (secondary N) is 1. The molecule has 1 atom stereocenters. The molecule has 1 N–H and O–H groups in total. The molecule has 0 saturated carbocycles. The van der Waals surface area contributed by atoms with Gasteiger partial charge in [0, 0.05) is 37.6 Å². The topological polar surface area (TPSA) is 54.5 Å². The van der Waals surface area contributed by atoms with E-state index in [9.17, 15) is 4.79 Å². The van der Waals surface area contributed by atoms with E-state index in [4.69, 9.17) is 4.74 Å². The molecular formula is C20H25N3O2. The summed E-state index contributed by atoms with van der Waals surface area (Å²) in [6.45, 7) is 6.25. The third-order valence-electron chi connectivity index (χ3n) is 4.31. The van der Waals surface area contributed by atoms with Crippen LogP contribution in [0.25, 0.3) is 0 Å². The summed E-state index contributed by atoms with van der Waals surface area (Å²) in [5.74, 6) is 0.911. The monoisotopic (exact) mass is 339 g/mol. The van der Waals surface area contributed by atoms with Crippen molar-refractivity contribution in [3.05, 3.63) is 59.9 Å². The van der Waals surface area contributed by atoms with Crippen molar-refractivity contribution < 1.29 is 9.53 Å². The Morgan fingerprint density at radius 3 is 2.92 bits per heavy atom. The van der Waals surface area contributed by atoms with Crippen LogP contribution < -0.4 is 10.1 Å². The minimum Gasteiger partial charge on any atom is -0.491 e. The van der Waals surface area contributed by atoms with E-state index in [1.54, 1.807) is 6.20 Å². The normalized spacial score (nSPS) is 17.6. The highest BCUT2D eigenvalue weighted by Crippen LogP contribution is 2.25. The first kappa shape index (κ1) is 17.4. The molecule has 1 fully saturated rings. The van der Waals surface area contributed by atoms with Gasteiger partial charge in [0.15, 0.2) is 0 Å². The summed E-state index contributed by atoms with van der Waals surface area (Å²) >= 11 is 0. The van der Waals surface area contributed by atoms with Gasteiger partial charge in [0.05, 0.1) is 18.6 Å². The van der Waals surface area contributed by atoms with E-state index < -0.39 is 0 Å². The predicted molar refractivity (Wildman–Crippen MR) is 97.5 cm³/mol. The first-order valence-corrected chi connectivity index (χ1v) is 8.80. The van der Waals surface area contributed by atoms with E-state index in [1.165, 1.54) is 0 Å². The Morgan fingerprint density at radius 2 is 2.16 bits per heavy atom. The lowest BCUT2D eigenvalue weighted by Gasteiger charge is -2.36. The molecular weight excluding hydrogens is 314 g/mol. The Kier molecular flexibility index (Phi) is 5.66. The number of amides is 1. The highest BCUT2D eigenvalue weighted by molar-refractivity contribution is 5.80. The second kappa shape index (κ2) is 8.12. The van der Waals surface area contributed by atoms with Gasteiger partial charge in [-0.05, 0) is 31.5 Å². The van der Waals surface area contributed by atoms with Gasteiger partial charge in [-0.25, -0.2) is 0 Å². The molecule has 1 saturated heterocycles. The van der Waals surface area contributed by atoms with Crippen LogP contribution in [0.2, 0.25) is 0 Å². The molecule has 2 aromatic rings. The molecule has 2 heterocycles. The summed E-state index contributed by atoms with van der Waals surface area (Å²) in [5.41, 5.74) is 2.00. The number of pyridine rings is 1. The van der Waals surface area contributed by atoms with Crippen molar-refractivity contribution in [1.82, 2.24) is 15.2 Å². The summed E-state index contributed by atoms with van der Waals surface area (Å²) in [6, 6.07) is 11.8. The third kappa shape index (κ3) is 4.37.